The van der Waals surface area contributed by atoms with E-state index in [-0.39, 0.29) is 5.91 Å². The van der Waals surface area contributed by atoms with Crippen molar-refractivity contribution in [3.63, 3.8) is 0 Å². The first-order valence-electron chi connectivity index (χ1n) is 9.88. The van der Waals surface area contributed by atoms with Gasteiger partial charge in [0.15, 0.2) is 11.5 Å². The lowest BCUT2D eigenvalue weighted by atomic mass is 9.98. The van der Waals surface area contributed by atoms with Crippen molar-refractivity contribution >= 4 is 28.8 Å². The molecule has 2 heterocycles. The van der Waals surface area contributed by atoms with Crippen molar-refractivity contribution in [2.45, 2.75) is 25.4 Å². The summed E-state index contributed by atoms with van der Waals surface area (Å²) in [6.45, 7) is 1.78. The second-order valence-electron chi connectivity index (χ2n) is 7.21. The number of amides is 1. The fraction of sp³-hybridized carbons (Fsp3) is 0.304. The molecular weight excluding hydrogens is 420 g/mol. The summed E-state index contributed by atoms with van der Waals surface area (Å²) in [7, 11) is 1.57. The number of nitrogens with zero attached hydrogens (tertiary/aromatic N) is 2. The van der Waals surface area contributed by atoms with Gasteiger partial charge in [0, 0.05) is 46.7 Å². The molecule has 30 heavy (non-hydrogen) atoms. The molecule has 0 N–H and O–H groups in total. The Morgan fingerprint density at radius 2 is 2.13 bits per heavy atom. The van der Waals surface area contributed by atoms with Crippen LogP contribution in [0.3, 0.4) is 0 Å². The number of piperidine rings is 1. The minimum atomic E-state index is 0.00668. The van der Waals surface area contributed by atoms with E-state index in [9.17, 15) is 4.79 Å². The molecule has 1 aliphatic rings. The number of likely N-dealkylation sites (tertiary alicyclic amines) is 1. The Bertz CT molecular complexity index is 1010. The molecule has 7 heteroatoms. The van der Waals surface area contributed by atoms with Crippen LogP contribution in [0.2, 0.25) is 5.02 Å². The van der Waals surface area contributed by atoms with E-state index in [0.717, 1.165) is 30.0 Å². The molecule has 0 saturated carbocycles. The second-order valence-corrected chi connectivity index (χ2v) is 8.54. The molecule has 1 unspecified atom stereocenters. The minimum Gasteiger partial charge on any atom is -0.493 e. The summed E-state index contributed by atoms with van der Waals surface area (Å²) in [5.74, 6) is 1.42. The molecule has 4 rings (SSSR count). The summed E-state index contributed by atoms with van der Waals surface area (Å²) in [5, 5.41) is 3.75. The summed E-state index contributed by atoms with van der Waals surface area (Å²) in [5.41, 5.74) is 1.49. The number of aromatic nitrogens is 1. The summed E-state index contributed by atoms with van der Waals surface area (Å²) in [4.78, 5) is 19.5. The smallest absolute Gasteiger partial charge is 0.254 e. The number of rotatable bonds is 6. The maximum absolute atomic E-state index is 13.1. The third-order valence-corrected chi connectivity index (χ3v) is 6.57. The van der Waals surface area contributed by atoms with Crippen LogP contribution in [0.5, 0.6) is 11.5 Å². The molecule has 1 aliphatic heterocycles. The normalized spacial score (nSPS) is 16.3. The van der Waals surface area contributed by atoms with Crippen LogP contribution < -0.4 is 9.47 Å². The molecule has 0 bridgehead atoms. The van der Waals surface area contributed by atoms with Crippen molar-refractivity contribution in [3.8, 4) is 11.5 Å². The highest BCUT2D eigenvalue weighted by Gasteiger charge is 2.27. The molecule has 1 amide bonds. The number of methoxy groups -OCH3 is 1. The van der Waals surface area contributed by atoms with E-state index in [1.165, 1.54) is 0 Å². The zero-order chi connectivity index (χ0) is 20.9. The van der Waals surface area contributed by atoms with Crippen LogP contribution in [0.1, 0.15) is 39.7 Å². The van der Waals surface area contributed by atoms with Crippen molar-refractivity contribution < 1.29 is 14.3 Å². The molecule has 0 spiro atoms. The Hall–Kier alpha value is -2.57. The summed E-state index contributed by atoms with van der Waals surface area (Å²) < 4.78 is 11.4. The Balaban J connectivity index is 1.46. The van der Waals surface area contributed by atoms with Crippen LogP contribution in [0.4, 0.5) is 0 Å². The average Bonchev–Trinajstić information content (AvgIpc) is 3.33. The van der Waals surface area contributed by atoms with Crippen molar-refractivity contribution in [2.75, 3.05) is 20.2 Å². The molecule has 1 aromatic heterocycles. The van der Waals surface area contributed by atoms with Gasteiger partial charge in [0.1, 0.15) is 6.61 Å². The van der Waals surface area contributed by atoms with Gasteiger partial charge in [-0.2, -0.15) is 0 Å². The fourth-order valence-electron chi connectivity index (χ4n) is 3.67. The van der Waals surface area contributed by atoms with Gasteiger partial charge in [-0.1, -0.05) is 29.8 Å². The van der Waals surface area contributed by atoms with Crippen molar-refractivity contribution in [1.29, 1.82) is 0 Å². The number of hydrogen-bond donors (Lipinski definition) is 0. The van der Waals surface area contributed by atoms with Crippen LogP contribution in [-0.2, 0) is 6.61 Å². The zero-order valence-electron chi connectivity index (χ0n) is 16.7. The Labute approximate surface area is 185 Å². The number of carbonyl (C=O) groups excluding carboxylic acids is 1. The molecule has 2 aromatic carbocycles. The van der Waals surface area contributed by atoms with Crippen LogP contribution in [0.25, 0.3) is 0 Å². The lowest BCUT2D eigenvalue weighted by Gasteiger charge is -2.32. The maximum Gasteiger partial charge on any atom is 0.254 e. The summed E-state index contributed by atoms with van der Waals surface area (Å²) in [6, 6.07) is 12.9. The molecule has 1 fully saturated rings. The molecule has 0 aliphatic carbocycles. The summed E-state index contributed by atoms with van der Waals surface area (Å²) >= 11 is 7.86. The van der Waals surface area contributed by atoms with Crippen molar-refractivity contribution in [2.24, 2.45) is 0 Å². The van der Waals surface area contributed by atoms with Crippen molar-refractivity contribution in [3.05, 3.63) is 75.2 Å². The van der Waals surface area contributed by atoms with E-state index in [2.05, 4.69) is 4.98 Å². The number of carbonyl (C=O) groups is 1. The molecule has 1 atom stereocenters. The largest absolute Gasteiger partial charge is 0.493 e. The number of ether oxygens (including phenoxy) is 2. The van der Waals surface area contributed by atoms with Gasteiger partial charge in [0.05, 0.1) is 12.1 Å². The molecular formula is C23H23ClN2O3S. The first kappa shape index (κ1) is 20.7. The van der Waals surface area contributed by atoms with E-state index < -0.39 is 0 Å². The Morgan fingerprint density at radius 1 is 1.27 bits per heavy atom. The van der Waals surface area contributed by atoms with Crippen LogP contribution in [0, 0.1) is 0 Å². The van der Waals surface area contributed by atoms with Crippen molar-refractivity contribution in [1.82, 2.24) is 9.88 Å². The molecule has 0 radical (unpaired) electrons. The highest BCUT2D eigenvalue weighted by atomic mass is 35.5. The van der Waals surface area contributed by atoms with E-state index in [1.807, 2.05) is 40.7 Å². The second kappa shape index (κ2) is 9.49. The molecule has 3 aromatic rings. The fourth-order valence-corrected chi connectivity index (χ4v) is 4.63. The van der Waals surface area contributed by atoms with Crippen LogP contribution >= 0.6 is 22.9 Å². The molecule has 156 valence electrons. The molecule has 5 nitrogen and oxygen atoms in total. The van der Waals surface area contributed by atoms with Gasteiger partial charge in [-0.15, -0.1) is 11.3 Å². The number of benzene rings is 2. The van der Waals surface area contributed by atoms with Crippen LogP contribution in [0.15, 0.2) is 54.0 Å². The lowest BCUT2D eigenvalue weighted by molar-refractivity contribution is 0.0706. The van der Waals surface area contributed by atoms with E-state index in [4.69, 9.17) is 21.1 Å². The first-order valence-corrected chi connectivity index (χ1v) is 11.1. The number of hydrogen-bond acceptors (Lipinski definition) is 5. The van der Waals surface area contributed by atoms with E-state index >= 15 is 0 Å². The first-order chi connectivity index (χ1) is 14.7. The Kier molecular flexibility index (Phi) is 6.55. The van der Waals surface area contributed by atoms with Gasteiger partial charge in [-0.05, 0) is 37.1 Å². The van der Waals surface area contributed by atoms with E-state index in [1.54, 1.807) is 36.6 Å². The lowest BCUT2D eigenvalue weighted by Crippen LogP contribution is -2.39. The highest BCUT2D eigenvalue weighted by molar-refractivity contribution is 7.09. The van der Waals surface area contributed by atoms with Gasteiger partial charge in [-0.3, -0.25) is 4.79 Å². The SMILES string of the molecule is COc1cc(C(=O)N2CCCC(c3nccs3)C2)ccc1OCc1ccccc1Cl. The number of thiazole rings is 1. The number of halogens is 1. The monoisotopic (exact) mass is 442 g/mol. The quantitative estimate of drug-likeness (QED) is 0.512. The van der Waals surface area contributed by atoms with Gasteiger partial charge >= 0.3 is 0 Å². The van der Waals surface area contributed by atoms with Gasteiger partial charge in [0.25, 0.3) is 5.91 Å². The third kappa shape index (κ3) is 4.60. The highest BCUT2D eigenvalue weighted by Crippen LogP contribution is 2.32. The average molecular weight is 443 g/mol. The Morgan fingerprint density at radius 3 is 2.90 bits per heavy atom. The predicted octanol–water partition coefficient (Wildman–Crippen LogP) is 5.40. The molecule has 1 saturated heterocycles. The topological polar surface area (TPSA) is 51.7 Å². The summed E-state index contributed by atoms with van der Waals surface area (Å²) in [6.07, 6.45) is 3.87. The minimum absolute atomic E-state index is 0.00668. The van der Waals surface area contributed by atoms with Gasteiger partial charge < -0.3 is 14.4 Å². The van der Waals surface area contributed by atoms with E-state index in [0.29, 0.717) is 41.2 Å². The standard InChI is InChI=1S/C23H23ClN2O3S/c1-28-21-13-16(8-9-20(21)29-15-18-5-2-3-7-19(18)24)23(27)26-11-4-6-17(14-26)22-25-10-12-30-22/h2-3,5,7-10,12-13,17H,4,6,11,14-15H2,1H3. The maximum atomic E-state index is 13.1. The van der Waals surface area contributed by atoms with Gasteiger partial charge in [0.2, 0.25) is 0 Å². The predicted molar refractivity (Wildman–Crippen MR) is 119 cm³/mol. The third-order valence-electron chi connectivity index (χ3n) is 5.26. The van der Waals surface area contributed by atoms with Crippen LogP contribution in [-0.4, -0.2) is 36.0 Å². The zero-order valence-corrected chi connectivity index (χ0v) is 18.3. The van der Waals surface area contributed by atoms with Gasteiger partial charge in [-0.25, -0.2) is 4.98 Å².